The SMILES string of the molecule is CC(C(=O)NCCC1=CCCCC1)N1CCc2ccccc2C1. The summed E-state index contributed by atoms with van der Waals surface area (Å²) >= 11 is 0. The zero-order valence-electron chi connectivity index (χ0n) is 14.2. The zero-order valence-corrected chi connectivity index (χ0v) is 14.2. The van der Waals surface area contributed by atoms with E-state index in [1.807, 2.05) is 6.92 Å². The third kappa shape index (κ3) is 4.23. The fourth-order valence-electron chi connectivity index (χ4n) is 3.64. The van der Waals surface area contributed by atoms with Gasteiger partial charge in [-0.3, -0.25) is 9.69 Å². The van der Waals surface area contributed by atoms with Crippen molar-refractivity contribution >= 4 is 5.91 Å². The van der Waals surface area contributed by atoms with Gasteiger partial charge in [-0.1, -0.05) is 35.9 Å². The van der Waals surface area contributed by atoms with Gasteiger partial charge in [-0.05, 0) is 56.6 Å². The van der Waals surface area contributed by atoms with Crippen molar-refractivity contribution in [1.29, 1.82) is 0 Å². The van der Waals surface area contributed by atoms with Crippen LogP contribution in [0.25, 0.3) is 0 Å². The van der Waals surface area contributed by atoms with E-state index in [0.29, 0.717) is 0 Å². The van der Waals surface area contributed by atoms with E-state index in [1.54, 1.807) is 0 Å². The van der Waals surface area contributed by atoms with Gasteiger partial charge >= 0.3 is 0 Å². The number of benzene rings is 1. The lowest BCUT2D eigenvalue weighted by Gasteiger charge is -2.32. The molecule has 1 aromatic rings. The minimum absolute atomic E-state index is 0.0521. The quantitative estimate of drug-likeness (QED) is 0.845. The number of fused-ring (bicyclic) bond motifs is 1. The molecule has 1 aliphatic carbocycles. The summed E-state index contributed by atoms with van der Waals surface area (Å²) in [6.07, 6.45) is 9.48. The van der Waals surface area contributed by atoms with Gasteiger partial charge in [-0.15, -0.1) is 0 Å². The summed E-state index contributed by atoms with van der Waals surface area (Å²) in [5, 5.41) is 3.13. The van der Waals surface area contributed by atoms with Gasteiger partial charge in [0.2, 0.25) is 5.91 Å². The number of hydrogen-bond acceptors (Lipinski definition) is 2. The predicted octanol–water partition coefficient (Wildman–Crippen LogP) is 3.44. The van der Waals surface area contributed by atoms with Gasteiger partial charge in [0.25, 0.3) is 0 Å². The number of amides is 1. The Morgan fingerprint density at radius 3 is 2.83 bits per heavy atom. The van der Waals surface area contributed by atoms with Gasteiger partial charge in [0, 0.05) is 19.6 Å². The summed E-state index contributed by atoms with van der Waals surface area (Å²) in [4.78, 5) is 14.7. The van der Waals surface area contributed by atoms with E-state index in [-0.39, 0.29) is 11.9 Å². The summed E-state index contributed by atoms with van der Waals surface area (Å²) in [6.45, 7) is 4.66. The fraction of sp³-hybridized carbons (Fsp3) is 0.550. The van der Waals surface area contributed by atoms with E-state index in [9.17, 15) is 4.79 Å². The molecule has 3 nitrogen and oxygen atoms in total. The summed E-state index contributed by atoms with van der Waals surface area (Å²) in [5.41, 5.74) is 4.32. The van der Waals surface area contributed by atoms with E-state index < -0.39 is 0 Å². The second kappa shape index (κ2) is 7.78. The molecular weight excluding hydrogens is 284 g/mol. The number of nitrogens with zero attached hydrogens (tertiary/aromatic N) is 1. The largest absolute Gasteiger partial charge is 0.354 e. The van der Waals surface area contributed by atoms with Crippen molar-refractivity contribution in [2.75, 3.05) is 13.1 Å². The second-order valence-corrected chi connectivity index (χ2v) is 6.81. The van der Waals surface area contributed by atoms with Crippen LogP contribution in [0.2, 0.25) is 0 Å². The molecule has 0 radical (unpaired) electrons. The Labute approximate surface area is 139 Å². The Balaban J connectivity index is 1.47. The first kappa shape index (κ1) is 16.3. The molecule has 1 aliphatic heterocycles. The maximum atomic E-state index is 12.4. The lowest BCUT2D eigenvalue weighted by Crippen LogP contribution is -2.47. The molecule has 23 heavy (non-hydrogen) atoms. The Bertz CT molecular complexity index is 579. The van der Waals surface area contributed by atoms with Crippen LogP contribution in [-0.4, -0.2) is 29.9 Å². The Morgan fingerprint density at radius 2 is 2.04 bits per heavy atom. The van der Waals surface area contributed by atoms with Crippen molar-refractivity contribution in [3.8, 4) is 0 Å². The van der Waals surface area contributed by atoms with Crippen LogP contribution in [0, 0.1) is 0 Å². The van der Waals surface area contributed by atoms with Crippen molar-refractivity contribution < 1.29 is 4.79 Å². The average molecular weight is 312 g/mol. The summed E-state index contributed by atoms with van der Waals surface area (Å²) < 4.78 is 0. The molecule has 1 N–H and O–H groups in total. The molecule has 0 spiro atoms. The van der Waals surface area contributed by atoms with Gasteiger partial charge in [0.1, 0.15) is 0 Å². The highest BCUT2D eigenvalue weighted by Gasteiger charge is 2.24. The molecule has 2 aliphatic rings. The first-order valence-corrected chi connectivity index (χ1v) is 9.00. The Morgan fingerprint density at radius 1 is 1.22 bits per heavy atom. The molecule has 124 valence electrons. The maximum absolute atomic E-state index is 12.4. The molecule has 1 unspecified atom stereocenters. The van der Waals surface area contributed by atoms with E-state index in [2.05, 4.69) is 40.6 Å². The normalized spacial score (nSPS) is 19.6. The smallest absolute Gasteiger partial charge is 0.237 e. The van der Waals surface area contributed by atoms with Crippen LogP contribution in [0.3, 0.4) is 0 Å². The minimum Gasteiger partial charge on any atom is -0.354 e. The van der Waals surface area contributed by atoms with Gasteiger partial charge in [0.15, 0.2) is 0 Å². The predicted molar refractivity (Wildman–Crippen MR) is 94.2 cm³/mol. The van der Waals surface area contributed by atoms with Crippen LogP contribution in [0.1, 0.15) is 50.2 Å². The first-order valence-electron chi connectivity index (χ1n) is 9.00. The second-order valence-electron chi connectivity index (χ2n) is 6.81. The standard InChI is InChI=1S/C20H28N2O/c1-16(20(23)21-13-11-17-7-3-2-4-8-17)22-14-12-18-9-5-6-10-19(18)15-22/h5-7,9-10,16H,2-4,8,11-15H2,1H3,(H,21,23). The molecule has 0 saturated carbocycles. The molecular formula is C20H28N2O. The third-order valence-corrected chi connectivity index (χ3v) is 5.22. The molecule has 1 heterocycles. The van der Waals surface area contributed by atoms with Crippen LogP contribution in [0.15, 0.2) is 35.9 Å². The first-order chi connectivity index (χ1) is 11.2. The number of nitrogens with one attached hydrogen (secondary N) is 1. The lowest BCUT2D eigenvalue weighted by atomic mass is 9.97. The highest BCUT2D eigenvalue weighted by Crippen LogP contribution is 2.21. The maximum Gasteiger partial charge on any atom is 0.237 e. The highest BCUT2D eigenvalue weighted by molar-refractivity contribution is 5.81. The van der Waals surface area contributed by atoms with Crippen LogP contribution in [0.5, 0.6) is 0 Å². The minimum atomic E-state index is -0.0521. The third-order valence-electron chi connectivity index (χ3n) is 5.22. The molecule has 0 bridgehead atoms. The molecule has 1 aromatic carbocycles. The van der Waals surface area contributed by atoms with E-state index in [0.717, 1.165) is 32.5 Å². The Kier molecular flexibility index (Phi) is 5.50. The molecule has 0 saturated heterocycles. The van der Waals surface area contributed by atoms with Crippen molar-refractivity contribution in [3.05, 3.63) is 47.0 Å². The molecule has 1 atom stereocenters. The summed E-state index contributed by atoms with van der Waals surface area (Å²) in [7, 11) is 0. The molecule has 3 rings (SSSR count). The number of allylic oxidation sites excluding steroid dienone is 1. The summed E-state index contributed by atoms with van der Waals surface area (Å²) in [5.74, 6) is 0.167. The zero-order chi connectivity index (χ0) is 16.1. The van der Waals surface area contributed by atoms with E-state index in [4.69, 9.17) is 0 Å². The van der Waals surface area contributed by atoms with Crippen LogP contribution in [0.4, 0.5) is 0 Å². The highest BCUT2D eigenvalue weighted by atomic mass is 16.2. The molecule has 0 fully saturated rings. The monoisotopic (exact) mass is 312 g/mol. The molecule has 3 heteroatoms. The van der Waals surface area contributed by atoms with Gasteiger partial charge in [-0.2, -0.15) is 0 Å². The van der Waals surface area contributed by atoms with Crippen molar-refractivity contribution in [3.63, 3.8) is 0 Å². The van der Waals surface area contributed by atoms with Crippen molar-refractivity contribution in [2.45, 2.75) is 58.0 Å². The van der Waals surface area contributed by atoms with Crippen LogP contribution < -0.4 is 5.32 Å². The van der Waals surface area contributed by atoms with Gasteiger partial charge < -0.3 is 5.32 Å². The van der Waals surface area contributed by atoms with E-state index >= 15 is 0 Å². The van der Waals surface area contributed by atoms with Gasteiger partial charge in [0.05, 0.1) is 6.04 Å². The molecule has 0 aromatic heterocycles. The molecule has 1 amide bonds. The van der Waals surface area contributed by atoms with Crippen molar-refractivity contribution in [1.82, 2.24) is 10.2 Å². The number of carbonyl (C=O) groups is 1. The Hall–Kier alpha value is -1.61. The van der Waals surface area contributed by atoms with Gasteiger partial charge in [-0.25, -0.2) is 0 Å². The lowest BCUT2D eigenvalue weighted by molar-refractivity contribution is -0.126. The van der Waals surface area contributed by atoms with Crippen molar-refractivity contribution in [2.24, 2.45) is 0 Å². The fourth-order valence-corrected chi connectivity index (χ4v) is 3.64. The average Bonchev–Trinajstić information content (AvgIpc) is 2.61. The van der Waals surface area contributed by atoms with E-state index in [1.165, 1.54) is 42.4 Å². The summed E-state index contributed by atoms with van der Waals surface area (Å²) in [6, 6.07) is 8.52. The number of hydrogen-bond donors (Lipinski definition) is 1. The number of carbonyl (C=O) groups excluding carboxylic acids is 1. The van der Waals surface area contributed by atoms with Crippen LogP contribution in [-0.2, 0) is 17.8 Å². The topological polar surface area (TPSA) is 32.3 Å². The number of rotatable bonds is 5. The van der Waals surface area contributed by atoms with Crippen LogP contribution >= 0.6 is 0 Å².